The lowest BCUT2D eigenvalue weighted by molar-refractivity contribution is 0.348. The number of allylic oxidation sites excluding steroid dienone is 1. The van der Waals surface area contributed by atoms with Crippen molar-refractivity contribution in [3.05, 3.63) is 41.7 Å². The van der Waals surface area contributed by atoms with Gasteiger partial charge in [-0.3, -0.25) is 0 Å². The Morgan fingerprint density at radius 2 is 2.06 bits per heavy atom. The van der Waals surface area contributed by atoms with Crippen molar-refractivity contribution in [1.82, 2.24) is 0 Å². The molecule has 0 saturated heterocycles. The first-order chi connectivity index (χ1) is 8.45. The van der Waals surface area contributed by atoms with E-state index in [9.17, 15) is 9.50 Å². The summed E-state index contributed by atoms with van der Waals surface area (Å²) in [6.07, 6.45) is 3.57. The van der Waals surface area contributed by atoms with Crippen LogP contribution >= 0.6 is 0 Å². The summed E-state index contributed by atoms with van der Waals surface area (Å²) < 4.78 is 13.5. The molecule has 18 heavy (non-hydrogen) atoms. The molecule has 100 valence electrons. The maximum Gasteiger partial charge on any atom is 0.123 e. The lowest BCUT2D eigenvalue weighted by atomic mass is 9.70. The summed E-state index contributed by atoms with van der Waals surface area (Å²) in [4.78, 5) is 0. The van der Waals surface area contributed by atoms with Gasteiger partial charge in [0.2, 0.25) is 0 Å². The molecule has 1 N–H and O–H groups in total. The van der Waals surface area contributed by atoms with E-state index >= 15 is 0 Å². The Morgan fingerprint density at radius 3 is 2.56 bits per heavy atom. The number of aromatic hydroxyl groups is 1. The minimum atomic E-state index is -0.293. The minimum Gasteiger partial charge on any atom is -0.508 e. The highest BCUT2D eigenvalue weighted by Crippen LogP contribution is 2.42. The van der Waals surface area contributed by atoms with Gasteiger partial charge in [0, 0.05) is 11.0 Å². The SMILES string of the molecule is C=C(C)CC(CC)(CCC)c1cc(F)ccc1O. The van der Waals surface area contributed by atoms with Gasteiger partial charge < -0.3 is 5.11 Å². The molecule has 0 saturated carbocycles. The predicted octanol–water partition coefficient (Wildman–Crippen LogP) is 4.95. The monoisotopic (exact) mass is 250 g/mol. The van der Waals surface area contributed by atoms with Crippen LogP contribution in [0, 0.1) is 5.82 Å². The van der Waals surface area contributed by atoms with Crippen molar-refractivity contribution in [1.29, 1.82) is 0 Å². The van der Waals surface area contributed by atoms with Gasteiger partial charge >= 0.3 is 0 Å². The van der Waals surface area contributed by atoms with Crippen LogP contribution in [0.25, 0.3) is 0 Å². The van der Waals surface area contributed by atoms with Crippen molar-refractivity contribution >= 4 is 0 Å². The molecule has 0 bridgehead atoms. The summed E-state index contributed by atoms with van der Waals surface area (Å²) in [6, 6.07) is 4.21. The number of halogens is 1. The average molecular weight is 250 g/mol. The molecule has 1 aromatic rings. The Hall–Kier alpha value is -1.31. The first-order valence-electron chi connectivity index (χ1n) is 6.58. The van der Waals surface area contributed by atoms with Crippen LogP contribution < -0.4 is 0 Å². The second kappa shape index (κ2) is 6.03. The van der Waals surface area contributed by atoms with Gasteiger partial charge in [-0.05, 0) is 44.4 Å². The van der Waals surface area contributed by atoms with Crippen molar-refractivity contribution in [2.24, 2.45) is 0 Å². The van der Waals surface area contributed by atoms with E-state index in [0.717, 1.165) is 36.8 Å². The molecule has 0 fully saturated rings. The van der Waals surface area contributed by atoms with Gasteiger partial charge in [-0.2, -0.15) is 0 Å². The zero-order chi connectivity index (χ0) is 13.8. The maximum absolute atomic E-state index is 13.5. The second-order valence-electron chi connectivity index (χ2n) is 5.18. The van der Waals surface area contributed by atoms with Gasteiger partial charge in [-0.15, -0.1) is 6.58 Å². The third-order valence-corrected chi connectivity index (χ3v) is 3.58. The molecular weight excluding hydrogens is 227 g/mol. The molecule has 1 rings (SSSR count). The Labute approximate surface area is 109 Å². The molecule has 1 aromatic carbocycles. The van der Waals surface area contributed by atoms with Gasteiger partial charge in [0.15, 0.2) is 0 Å². The van der Waals surface area contributed by atoms with Crippen LogP contribution in [0.3, 0.4) is 0 Å². The van der Waals surface area contributed by atoms with Gasteiger partial charge in [0.05, 0.1) is 0 Å². The highest BCUT2D eigenvalue weighted by atomic mass is 19.1. The molecule has 0 aromatic heterocycles. The molecule has 0 amide bonds. The molecule has 2 heteroatoms. The number of phenols is 1. The quantitative estimate of drug-likeness (QED) is 0.708. The van der Waals surface area contributed by atoms with Gasteiger partial charge in [0.1, 0.15) is 11.6 Å². The van der Waals surface area contributed by atoms with E-state index in [1.54, 1.807) is 0 Å². The molecule has 1 nitrogen and oxygen atoms in total. The van der Waals surface area contributed by atoms with Crippen LogP contribution in [0.4, 0.5) is 4.39 Å². The minimum absolute atomic E-state index is 0.188. The smallest absolute Gasteiger partial charge is 0.123 e. The van der Waals surface area contributed by atoms with E-state index in [-0.39, 0.29) is 17.0 Å². The first kappa shape index (κ1) is 14.7. The Bertz CT molecular complexity index is 425. The lowest BCUT2D eigenvalue weighted by Crippen LogP contribution is -2.26. The first-order valence-corrected chi connectivity index (χ1v) is 6.58. The van der Waals surface area contributed by atoms with E-state index in [1.807, 2.05) is 6.92 Å². The van der Waals surface area contributed by atoms with E-state index in [2.05, 4.69) is 20.4 Å². The largest absolute Gasteiger partial charge is 0.508 e. The maximum atomic E-state index is 13.5. The van der Waals surface area contributed by atoms with E-state index < -0.39 is 0 Å². The Morgan fingerprint density at radius 1 is 1.39 bits per heavy atom. The molecule has 0 radical (unpaired) electrons. The zero-order valence-corrected chi connectivity index (χ0v) is 11.6. The lowest BCUT2D eigenvalue weighted by Gasteiger charge is -2.34. The standard InChI is InChI=1S/C16H23FO/c1-5-9-16(6-2,11-12(3)4)14-10-13(17)7-8-15(14)18/h7-8,10,18H,3,5-6,9,11H2,1-2,4H3. The summed E-state index contributed by atoms with van der Waals surface area (Å²) in [5, 5.41) is 10.0. The fraction of sp³-hybridized carbons (Fsp3) is 0.500. The Balaban J connectivity index is 3.30. The normalized spacial score (nSPS) is 14.2. The van der Waals surface area contributed by atoms with Crippen LogP contribution in [0.2, 0.25) is 0 Å². The number of phenolic OH excluding ortho intramolecular Hbond substituents is 1. The molecule has 1 atom stereocenters. The van der Waals surface area contributed by atoms with Crippen molar-refractivity contribution in [3.8, 4) is 5.75 Å². The topological polar surface area (TPSA) is 20.2 Å². The second-order valence-corrected chi connectivity index (χ2v) is 5.18. The average Bonchev–Trinajstić information content (AvgIpc) is 2.31. The number of benzene rings is 1. The summed E-state index contributed by atoms with van der Waals surface area (Å²) >= 11 is 0. The number of hydrogen-bond donors (Lipinski definition) is 1. The molecule has 0 spiro atoms. The molecular formula is C16H23FO. The summed E-state index contributed by atoms with van der Waals surface area (Å²) in [5.41, 5.74) is 1.58. The number of rotatable bonds is 6. The van der Waals surface area contributed by atoms with Crippen molar-refractivity contribution in [3.63, 3.8) is 0 Å². The molecule has 0 aliphatic heterocycles. The third-order valence-electron chi connectivity index (χ3n) is 3.58. The fourth-order valence-corrected chi connectivity index (χ4v) is 2.80. The van der Waals surface area contributed by atoms with Gasteiger partial charge in [-0.1, -0.05) is 25.8 Å². The highest BCUT2D eigenvalue weighted by Gasteiger charge is 2.32. The summed E-state index contributed by atoms with van der Waals surface area (Å²) in [6.45, 7) is 10.2. The molecule has 1 unspecified atom stereocenters. The van der Waals surface area contributed by atoms with E-state index in [0.29, 0.717) is 0 Å². The van der Waals surface area contributed by atoms with Crippen LogP contribution in [-0.4, -0.2) is 5.11 Å². The van der Waals surface area contributed by atoms with E-state index in [4.69, 9.17) is 0 Å². The van der Waals surface area contributed by atoms with Gasteiger partial charge in [-0.25, -0.2) is 4.39 Å². The van der Waals surface area contributed by atoms with Crippen molar-refractivity contribution in [2.75, 3.05) is 0 Å². The third kappa shape index (κ3) is 3.12. The van der Waals surface area contributed by atoms with Crippen LogP contribution in [0.1, 0.15) is 52.0 Å². The number of hydrogen-bond acceptors (Lipinski definition) is 1. The van der Waals surface area contributed by atoms with E-state index in [1.165, 1.54) is 18.2 Å². The van der Waals surface area contributed by atoms with Gasteiger partial charge in [0.25, 0.3) is 0 Å². The van der Waals surface area contributed by atoms with Crippen LogP contribution in [0.15, 0.2) is 30.4 Å². The zero-order valence-electron chi connectivity index (χ0n) is 11.6. The van der Waals surface area contributed by atoms with Crippen molar-refractivity contribution < 1.29 is 9.50 Å². The Kier molecular flexibility index (Phi) is 4.94. The fourth-order valence-electron chi connectivity index (χ4n) is 2.80. The predicted molar refractivity (Wildman–Crippen MR) is 74.4 cm³/mol. The summed E-state index contributed by atoms with van der Waals surface area (Å²) in [5.74, 6) is -0.105. The molecule has 0 heterocycles. The summed E-state index contributed by atoms with van der Waals surface area (Å²) in [7, 11) is 0. The highest BCUT2D eigenvalue weighted by molar-refractivity contribution is 5.40. The van der Waals surface area contributed by atoms with Crippen LogP contribution in [0.5, 0.6) is 5.75 Å². The molecule has 0 aliphatic rings. The molecule has 0 aliphatic carbocycles. The van der Waals surface area contributed by atoms with Crippen LogP contribution in [-0.2, 0) is 5.41 Å². The van der Waals surface area contributed by atoms with Crippen molar-refractivity contribution in [2.45, 2.75) is 51.9 Å².